The average Bonchev–Trinajstić information content (AvgIpc) is 2.22. The van der Waals surface area contributed by atoms with Crippen LogP contribution in [0.25, 0.3) is 0 Å². The molecule has 35 valence electrons. The topological polar surface area (TPSA) is 0 Å². The summed E-state index contributed by atoms with van der Waals surface area (Å²) in [5.74, 6) is 0. The number of hydrogen-bond acceptors (Lipinski definition) is 0. The van der Waals surface area contributed by atoms with Crippen molar-refractivity contribution < 1.29 is 0 Å². The van der Waals surface area contributed by atoms with Gasteiger partial charge in [-0.2, -0.15) is 0 Å². The van der Waals surface area contributed by atoms with Crippen molar-refractivity contribution in [1.82, 2.24) is 0 Å². The van der Waals surface area contributed by atoms with E-state index < -0.39 is 0 Å². The van der Waals surface area contributed by atoms with Crippen LogP contribution in [0.3, 0.4) is 0 Å². The van der Waals surface area contributed by atoms with E-state index in [1.54, 1.807) is 0 Å². The summed E-state index contributed by atoms with van der Waals surface area (Å²) in [5, 5.41) is 0. The molecule has 1 aliphatic carbocycles. The SMILES string of the molecule is CCC1(C)[CH]C1. The van der Waals surface area contributed by atoms with Crippen molar-refractivity contribution in [3.05, 3.63) is 6.42 Å². The largest absolute Gasteiger partial charge is 0.0649 e. The van der Waals surface area contributed by atoms with E-state index in [0.717, 1.165) is 0 Å². The van der Waals surface area contributed by atoms with Crippen molar-refractivity contribution in [3.8, 4) is 0 Å². The Bertz CT molecular complexity index is 51.1. The molecule has 6 heavy (non-hydrogen) atoms. The van der Waals surface area contributed by atoms with Gasteiger partial charge < -0.3 is 0 Å². The van der Waals surface area contributed by atoms with Gasteiger partial charge in [0.25, 0.3) is 0 Å². The quantitative estimate of drug-likeness (QED) is 0.455. The molecule has 1 atom stereocenters. The summed E-state index contributed by atoms with van der Waals surface area (Å²) >= 11 is 0. The molecule has 0 saturated heterocycles. The van der Waals surface area contributed by atoms with Crippen molar-refractivity contribution in [3.63, 3.8) is 0 Å². The standard InChI is InChI=1S/C6H11/c1-3-6(2)4-5-6/h4H,3,5H2,1-2H3. The highest BCUT2D eigenvalue weighted by molar-refractivity contribution is 5.05. The van der Waals surface area contributed by atoms with E-state index in [0.29, 0.717) is 5.41 Å². The molecule has 0 amide bonds. The predicted octanol–water partition coefficient (Wildman–Crippen LogP) is 2.01. The summed E-state index contributed by atoms with van der Waals surface area (Å²) in [7, 11) is 0. The first-order valence-corrected chi connectivity index (χ1v) is 2.61. The van der Waals surface area contributed by atoms with Gasteiger partial charge in [-0.25, -0.2) is 0 Å². The molecule has 0 aliphatic heterocycles. The minimum atomic E-state index is 0.667. The van der Waals surface area contributed by atoms with Crippen LogP contribution < -0.4 is 0 Å². The van der Waals surface area contributed by atoms with Crippen molar-refractivity contribution in [2.24, 2.45) is 5.41 Å². The fourth-order valence-corrected chi connectivity index (χ4v) is 0.463. The van der Waals surface area contributed by atoms with Gasteiger partial charge in [-0.3, -0.25) is 0 Å². The van der Waals surface area contributed by atoms with E-state index in [9.17, 15) is 0 Å². The third-order valence-corrected chi connectivity index (χ3v) is 1.71. The molecule has 1 unspecified atom stereocenters. The van der Waals surface area contributed by atoms with E-state index >= 15 is 0 Å². The molecule has 0 N–H and O–H groups in total. The van der Waals surface area contributed by atoms with Crippen LogP contribution in [0.4, 0.5) is 0 Å². The molecular formula is C6H11. The zero-order valence-electron chi connectivity index (χ0n) is 4.49. The third kappa shape index (κ3) is 0.562. The summed E-state index contributed by atoms with van der Waals surface area (Å²) in [5.41, 5.74) is 0.667. The summed E-state index contributed by atoms with van der Waals surface area (Å²) < 4.78 is 0. The fraction of sp³-hybridized carbons (Fsp3) is 0.833. The Balaban J connectivity index is 2.28. The van der Waals surface area contributed by atoms with Crippen molar-refractivity contribution in [1.29, 1.82) is 0 Å². The van der Waals surface area contributed by atoms with E-state index in [4.69, 9.17) is 0 Å². The maximum atomic E-state index is 2.37. The van der Waals surface area contributed by atoms with Crippen LogP contribution in [0.15, 0.2) is 0 Å². The van der Waals surface area contributed by atoms with E-state index in [2.05, 4.69) is 20.3 Å². The Morgan fingerprint density at radius 3 is 2.33 bits per heavy atom. The fourth-order valence-electron chi connectivity index (χ4n) is 0.463. The Hall–Kier alpha value is 0. The summed E-state index contributed by atoms with van der Waals surface area (Å²) in [4.78, 5) is 0. The molecule has 0 aromatic rings. The van der Waals surface area contributed by atoms with Crippen LogP contribution >= 0.6 is 0 Å². The van der Waals surface area contributed by atoms with E-state index in [-0.39, 0.29) is 0 Å². The highest BCUT2D eigenvalue weighted by Gasteiger charge is 2.34. The van der Waals surface area contributed by atoms with Crippen molar-refractivity contribution in [2.75, 3.05) is 0 Å². The minimum Gasteiger partial charge on any atom is -0.0649 e. The molecular weight excluding hydrogens is 72.1 g/mol. The number of hydrogen-bond donors (Lipinski definition) is 0. The Morgan fingerprint density at radius 1 is 1.83 bits per heavy atom. The predicted molar refractivity (Wildman–Crippen MR) is 27.3 cm³/mol. The van der Waals surface area contributed by atoms with Gasteiger partial charge in [-0.05, 0) is 18.3 Å². The first kappa shape index (κ1) is 4.17. The Labute approximate surface area is 39.6 Å². The molecule has 0 heterocycles. The molecule has 1 radical (unpaired) electrons. The van der Waals surface area contributed by atoms with Gasteiger partial charge in [0.05, 0.1) is 0 Å². The maximum Gasteiger partial charge on any atom is -0.0294 e. The van der Waals surface area contributed by atoms with Crippen LogP contribution in [0, 0.1) is 11.8 Å². The lowest BCUT2D eigenvalue weighted by atomic mass is 10.1. The molecule has 0 spiro atoms. The lowest BCUT2D eigenvalue weighted by molar-refractivity contribution is 0.578. The maximum absolute atomic E-state index is 2.37. The molecule has 0 heteroatoms. The second-order valence-corrected chi connectivity index (χ2v) is 2.42. The van der Waals surface area contributed by atoms with E-state index in [1.165, 1.54) is 12.8 Å². The molecule has 0 bridgehead atoms. The molecule has 1 fully saturated rings. The number of rotatable bonds is 1. The summed E-state index contributed by atoms with van der Waals surface area (Å²) in [6.45, 7) is 4.54. The summed E-state index contributed by atoms with van der Waals surface area (Å²) in [6, 6.07) is 0. The molecule has 1 rings (SSSR count). The van der Waals surface area contributed by atoms with Crippen LogP contribution in [0.5, 0.6) is 0 Å². The highest BCUT2D eigenvalue weighted by Crippen LogP contribution is 2.46. The van der Waals surface area contributed by atoms with Crippen molar-refractivity contribution in [2.45, 2.75) is 26.7 Å². The third-order valence-electron chi connectivity index (χ3n) is 1.71. The van der Waals surface area contributed by atoms with Crippen LogP contribution in [0.2, 0.25) is 0 Å². The lowest BCUT2D eigenvalue weighted by Gasteiger charge is -1.96. The zero-order valence-corrected chi connectivity index (χ0v) is 4.49. The Morgan fingerprint density at radius 2 is 2.33 bits per heavy atom. The lowest BCUT2D eigenvalue weighted by Crippen LogP contribution is -1.85. The summed E-state index contributed by atoms with van der Waals surface area (Å²) in [6.07, 6.45) is 5.05. The smallest absolute Gasteiger partial charge is 0.0294 e. The first-order chi connectivity index (χ1) is 2.77. The minimum absolute atomic E-state index is 0.667. The van der Waals surface area contributed by atoms with Gasteiger partial charge in [-0.15, -0.1) is 0 Å². The van der Waals surface area contributed by atoms with Gasteiger partial charge in [0.1, 0.15) is 0 Å². The van der Waals surface area contributed by atoms with Gasteiger partial charge in [-0.1, -0.05) is 20.3 Å². The Kier molecular flexibility index (Phi) is 0.686. The molecule has 0 aromatic heterocycles. The van der Waals surface area contributed by atoms with Crippen LogP contribution in [-0.2, 0) is 0 Å². The van der Waals surface area contributed by atoms with Gasteiger partial charge in [0.15, 0.2) is 0 Å². The van der Waals surface area contributed by atoms with Gasteiger partial charge >= 0.3 is 0 Å². The normalized spacial score (nSPS) is 27.0. The van der Waals surface area contributed by atoms with Crippen molar-refractivity contribution >= 4 is 0 Å². The molecule has 1 aliphatic rings. The highest BCUT2D eigenvalue weighted by atomic mass is 14.4. The van der Waals surface area contributed by atoms with Crippen LogP contribution in [0.1, 0.15) is 26.7 Å². The first-order valence-electron chi connectivity index (χ1n) is 2.61. The second-order valence-electron chi connectivity index (χ2n) is 2.42. The molecule has 0 aromatic carbocycles. The monoisotopic (exact) mass is 83.1 g/mol. The van der Waals surface area contributed by atoms with Gasteiger partial charge in [0.2, 0.25) is 0 Å². The van der Waals surface area contributed by atoms with E-state index in [1.807, 2.05) is 0 Å². The molecule has 1 saturated carbocycles. The second kappa shape index (κ2) is 0.988. The average molecular weight is 83.2 g/mol. The van der Waals surface area contributed by atoms with Crippen LogP contribution in [-0.4, -0.2) is 0 Å². The van der Waals surface area contributed by atoms with Gasteiger partial charge in [0, 0.05) is 0 Å². The molecule has 0 nitrogen and oxygen atoms in total. The zero-order chi connectivity index (χ0) is 4.62.